The van der Waals surface area contributed by atoms with E-state index in [4.69, 9.17) is 0 Å². The molecule has 0 amide bonds. The molecule has 3 unspecified atom stereocenters. The highest BCUT2D eigenvalue weighted by molar-refractivity contribution is 7.99. The molecule has 96 valence electrons. The molecule has 0 spiro atoms. The third kappa shape index (κ3) is 4.53. The van der Waals surface area contributed by atoms with Crippen molar-refractivity contribution in [2.75, 3.05) is 12.8 Å². The van der Waals surface area contributed by atoms with Crippen LogP contribution in [0.15, 0.2) is 0 Å². The Hall–Kier alpha value is 0.100. The van der Waals surface area contributed by atoms with Gasteiger partial charge in [-0.25, -0.2) is 0 Å². The molecule has 0 aromatic carbocycles. The molecule has 1 saturated carbocycles. The summed E-state index contributed by atoms with van der Waals surface area (Å²) in [7, 11) is 0. The van der Waals surface area contributed by atoms with E-state index < -0.39 is 12.1 Å². The monoisotopic (exact) mass is 255 g/mol. The minimum atomic E-state index is -4.01. The van der Waals surface area contributed by atoms with Crippen LogP contribution in [0, 0.1) is 5.92 Å². The van der Waals surface area contributed by atoms with Gasteiger partial charge in [-0.05, 0) is 25.5 Å². The Labute approximate surface area is 99.6 Å². The number of alkyl halides is 3. The molecule has 0 aliphatic heterocycles. The Balaban J connectivity index is 2.33. The molecule has 0 heterocycles. The summed E-state index contributed by atoms with van der Waals surface area (Å²) in [6, 6.07) is 0.0509. The van der Waals surface area contributed by atoms with Gasteiger partial charge in [0.05, 0.1) is 5.92 Å². The van der Waals surface area contributed by atoms with Crippen LogP contribution in [0.3, 0.4) is 0 Å². The van der Waals surface area contributed by atoms with Crippen molar-refractivity contribution in [1.29, 1.82) is 0 Å². The lowest BCUT2D eigenvalue weighted by molar-refractivity contribution is -0.183. The highest BCUT2D eigenvalue weighted by Gasteiger charge is 2.41. The number of hydrogen-bond acceptors (Lipinski definition) is 2. The first-order valence-electron chi connectivity index (χ1n) is 5.76. The van der Waals surface area contributed by atoms with Crippen LogP contribution in [0.5, 0.6) is 0 Å². The van der Waals surface area contributed by atoms with E-state index in [2.05, 4.69) is 12.2 Å². The summed E-state index contributed by atoms with van der Waals surface area (Å²) in [5.74, 6) is -1.09. The quantitative estimate of drug-likeness (QED) is 0.825. The largest absolute Gasteiger partial charge is 0.391 e. The molecule has 1 rings (SSSR count). The minimum Gasteiger partial charge on any atom is -0.313 e. The highest BCUT2D eigenvalue weighted by atomic mass is 32.2. The van der Waals surface area contributed by atoms with Gasteiger partial charge in [-0.2, -0.15) is 24.9 Å². The maximum atomic E-state index is 12.5. The lowest BCUT2D eigenvalue weighted by atomic mass is 9.85. The normalized spacial score (nSPS) is 29.1. The molecule has 3 atom stereocenters. The molecular weight excluding hydrogens is 235 g/mol. The summed E-state index contributed by atoms with van der Waals surface area (Å²) in [6.07, 6.45) is 0.144. The molecule has 1 nitrogen and oxygen atoms in total. The van der Waals surface area contributed by atoms with Crippen LogP contribution in [0.4, 0.5) is 13.2 Å². The van der Waals surface area contributed by atoms with E-state index in [1.54, 1.807) is 11.8 Å². The number of halogens is 3. The summed E-state index contributed by atoms with van der Waals surface area (Å²) in [5, 5.41) is 3.72. The maximum Gasteiger partial charge on any atom is 0.391 e. The standard InChI is InChI=1S/C11H20F3NS/c1-8(16-2)7-15-10-5-3-4-9(6-10)11(12,13)14/h8-10,15H,3-7H2,1-2H3. The van der Waals surface area contributed by atoms with Crippen molar-refractivity contribution in [1.82, 2.24) is 5.32 Å². The second-order valence-corrected chi connectivity index (χ2v) is 5.83. The average molecular weight is 255 g/mol. The van der Waals surface area contributed by atoms with Gasteiger partial charge >= 0.3 is 6.18 Å². The third-order valence-electron chi connectivity index (χ3n) is 3.23. The first-order chi connectivity index (χ1) is 7.43. The van der Waals surface area contributed by atoms with Crippen LogP contribution < -0.4 is 5.32 Å². The Morgan fingerprint density at radius 2 is 2.06 bits per heavy atom. The van der Waals surface area contributed by atoms with E-state index in [1.165, 1.54) is 0 Å². The number of rotatable bonds is 4. The molecule has 0 saturated heterocycles. The van der Waals surface area contributed by atoms with E-state index in [9.17, 15) is 13.2 Å². The van der Waals surface area contributed by atoms with Crippen LogP contribution in [0.2, 0.25) is 0 Å². The lowest BCUT2D eigenvalue weighted by Gasteiger charge is -2.31. The summed E-state index contributed by atoms with van der Waals surface area (Å²) in [5.41, 5.74) is 0. The van der Waals surface area contributed by atoms with Crippen molar-refractivity contribution in [3.63, 3.8) is 0 Å². The van der Waals surface area contributed by atoms with Crippen LogP contribution in [0.1, 0.15) is 32.6 Å². The smallest absolute Gasteiger partial charge is 0.313 e. The van der Waals surface area contributed by atoms with Crippen molar-refractivity contribution >= 4 is 11.8 Å². The highest BCUT2D eigenvalue weighted by Crippen LogP contribution is 2.37. The molecule has 1 N–H and O–H groups in total. The number of hydrogen-bond donors (Lipinski definition) is 1. The number of nitrogens with one attached hydrogen (secondary N) is 1. The summed E-state index contributed by atoms with van der Waals surface area (Å²) < 4.78 is 37.6. The van der Waals surface area contributed by atoms with Gasteiger partial charge in [-0.1, -0.05) is 13.3 Å². The molecule has 5 heteroatoms. The molecule has 1 fully saturated rings. The van der Waals surface area contributed by atoms with Gasteiger partial charge in [-0.3, -0.25) is 0 Å². The van der Waals surface area contributed by atoms with E-state index in [1.807, 2.05) is 6.26 Å². The molecular formula is C11H20F3NS. The zero-order valence-electron chi connectivity index (χ0n) is 9.81. The maximum absolute atomic E-state index is 12.5. The Kier molecular flexibility index (Phi) is 5.44. The van der Waals surface area contributed by atoms with Gasteiger partial charge < -0.3 is 5.32 Å². The van der Waals surface area contributed by atoms with Gasteiger partial charge in [0.2, 0.25) is 0 Å². The Bertz CT molecular complexity index is 208. The van der Waals surface area contributed by atoms with E-state index in [0.717, 1.165) is 13.0 Å². The molecule has 0 aromatic rings. The summed E-state index contributed by atoms with van der Waals surface area (Å²) in [6.45, 7) is 2.89. The SMILES string of the molecule is CSC(C)CNC1CCCC(C(F)(F)F)C1. The van der Waals surface area contributed by atoms with Crippen LogP contribution >= 0.6 is 11.8 Å². The fraction of sp³-hybridized carbons (Fsp3) is 1.00. The van der Waals surface area contributed by atoms with E-state index in [0.29, 0.717) is 18.1 Å². The van der Waals surface area contributed by atoms with Crippen molar-refractivity contribution in [3.05, 3.63) is 0 Å². The predicted octanol–water partition coefficient (Wildman–Crippen LogP) is 3.45. The average Bonchev–Trinajstić information content (AvgIpc) is 2.25. The second-order valence-electron chi connectivity index (χ2n) is 4.56. The van der Waals surface area contributed by atoms with Gasteiger partial charge in [0.15, 0.2) is 0 Å². The first kappa shape index (κ1) is 14.2. The molecule has 0 radical (unpaired) electrons. The molecule has 1 aliphatic rings. The summed E-state index contributed by atoms with van der Waals surface area (Å²) >= 11 is 1.73. The second kappa shape index (κ2) is 6.15. The van der Waals surface area contributed by atoms with Crippen LogP contribution in [-0.4, -0.2) is 30.3 Å². The zero-order chi connectivity index (χ0) is 12.2. The van der Waals surface area contributed by atoms with Crippen molar-refractivity contribution < 1.29 is 13.2 Å². The van der Waals surface area contributed by atoms with Crippen LogP contribution in [0.25, 0.3) is 0 Å². The lowest BCUT2D eigenvalue weighted by Crippen LogP contribution is -2.40. The Morgan fingerprint density at radius 3 is 2.62 bits per heavy atom. The molecule has 1 aliphatic carbocycles. The minimum absolute atomic E-state index is 0.0509. The Morgan fingerprint density at radius 1 is 1.38 bits per heavy atom. The van der Waals surface area contributed by atoms with Crippen molar-refractivity contribution in [3.8, 4) is 0 Å². The van der Waals surface area contributed by atoms with Gasteiger partial charge in [0, 0.05) is 17.8 Å². The zero-order valence-corrected chi connectivity index (χ0v) is 10.6. The fourth-order valence-corrected chi connectivity index (χ4v) is 2.35. The third-order valence-corrected chi connectivity index (χ3v) is 4.20. The first-order valence-corrected chi connectivity index (χ1v) is 7.05. The molecule has 0 aromatic heterocycles. The van der Waals surface area contributed by atoms with Gasteiger partial charge in [0.25, 0.3) is 0 Å². The fourth-order valence-electron chi connectivity index (χ4n) is 2.09. The van der Waals surface area contributed by atoms with Crippen LogP contribution in [-0.2, 0) is 0 Å². The van der Waals surface area contributed by atoms with Crippen molar-refractivity contribution in [2.45, 2.75) is 50.1 Å². The predicted molar refractivity (Wildman–Crippen MR) is 62.8 cm³/mol. The number of thioether (sulfide) groups is 1. The molecule has 0 bridgehead atoms. The van der Waals surface area contributed by atoms with Crippen molar-refractivity contribution in [2.24, 2.45) is 5.92 Å². The van der Waals surface area contributed by atoms with Gasteiger partial charge in [0.1, 0.15) is 0 Å². The molecule has 16 heavy (non-hydrogen) atoms. The van der Waals surface area contributed by atoms with Gasteiger partial charge in [-0.15, -0.1) is 0 Å². The topological polar surface area (TPSA) is 12.0 Å². The summed E-state index contributed by atoms with van der Waals surface area (Å²) in [4.78, 5) is 0. The van der Waals surface area contributed by atoms with E-state index >= 15 is 0 Å². The van der Waals surface area contributed by atoms with E-state index in [-0.39, 0.29) is 12.5 Å².